The van der Waals surface area contributed by atoms with Crippen LogP contribution in [0.2, 0.25) is 0 Å². The van der Waals surface area contributed by atoms with Gasteiger partial charge in [-0.05, 0) is 0 Å². The maximum Gasteiger partial charge on any atom is 0.282 e. The molecule has 3 nitrogen and oxygen atoms in total. The van der Waals surface area contributed by atoms with Gasteiger partial charge in [-0.1, -0.05) is 4.73 Å². The van der Waals surface area contributed by atoms with Crippen molar-refractivity contribution in [2.75, 3.05) is 7.11 Å². The molecule has 0 atom stereocenters. The predicted octanol–water partition coefficient (Wildman–Crippen LogP) is -0.331. The smallest absolute Gasteiger partial charge is 0.282 e. The van der Waals surface area contributed by atoms with Crippen LogP contribution in [0.5, 0.6) is 0 Å². The Balaban J connectivity index is 2.84. The van der Waals surface area contributed by atoms with Crippen molar-refractivity contribution in [2.45, 2.75) is 6.92 Å². The average molecular weight is 113 g/mol. The van der Waals surface area contributed by atoms with E-state index in [2.05, 4.69) is 4.98 Å². The number of imidazole rings is 1. The number of aryl methyl sites for hydroxylation is 1. The highest BCUT2D eigenvalue weighted by Crippen LogP contribution is 1.79. The van der Waals surface area contributed by atoms with Crippen LogP contribution in [0.4, 0.5) is 0 Å². The lowest BCUT2D eigenvalue weighted by atomic mass is 10.6. The molecule has 0 bridgehead atoms. The van der Waals surface area contributed by atoms with E-state index < -0.39 is 0 Å². The van der Waals surface area contributed by atoms with Crippen molar-refractivity contribution >= 4 is 0 Å². The Labute approximate surface area is 47.9 Å². The van der Waals surface area contributed by atoms with E-state index in [1.807, 2.05) is 13.1 Å². The third-order valence-corrected chi connectivity index (χ3v) is 0.951. The summed E-state index contributed by atoms with van der Waals surface area (Å²) in [5.41, 5.74) is 1.09. The molecule has 0 amide bonds. The summed E-state index contributed by atoms with van der Waals surface area (Å²) in [7, 11) is 1.62. The van der Waals surface area contributed by atoms with Crippen LogP contribution in [0, 0.1) is 6.92 Å². The van der Waals surface area contributed by atoms with Gasteiger partial charge in [-0.25, -0.2) is 4.98 Å². The molecule has 0 saturated carbocycles. The van der Waals surface area contributed by atoms with E-state index in [1.165, 1.54) is 0 Å². The van der Waals surface area contributed by atoms with E-state index in [1.54, 1.807) is 18.2 Å². The molecule has 1 N–H and O–H groups in total. The SMILES string of the molecule is CO[n+]1c[nH]c(C)c1. The normalized spacial score (nSPS) is 9.25. The summed E-state index contributed by atoms with van der Waals surface area (Å²) in [6.07, 6.45) is 3.61. The molecule has 0 aliphatic rings. The number of aromatic nitrogens is 2. The highest BCUT2D eigenvalue weighted by molar-refractivity contribution is 4.82. The van der Waals surface area contributed by atoms with Crippen LogP contribution in [0.3, 0.4) is 0 Å². The van der Waals surface area contributed by atoms with Crippen molar-refractivity contribution in [2.24, 2.45) is 0 Å². The summed E-state index contributed by atoms with van der Waals surface area (Å²) >= 11 is 0. The third-order valence-electron chi connectivity index (χ3n) is 0.951. The molecule has 1 aromatic rings. The molecular formula is C5H9N2O+. The molecule has 1 rings (SSSR count). The highest BCUT2D eigenvalue weighted by atomic mass is 16.6. The van der Waals surface area contributed by atoms with Crippen molar-refractivity contribution in [3.8, 4) is 0 Å². The Bertz CT molecular complexity index is 171. The Hall–Kier alpha value is -0.990. The van der Waals surface area contributed by atoms with Crippen LogP contribution in [-0.2, 0) is 0 Å². The molecule has 3 heteroatoms. The number of nitrogens with one attached hydrogen (secondary N) is 1. The minimum absolute atomic E-state index is 1.09. The first-order valence-corrected chi connectivity index (χ1v) is 2.43. The van der Waals surface area contributed by atoms with Gasteiger partial charge in [0.2, 0.25) is 0 Å². The van der Waals surface area contributed by atoms with Crippen molar-refractivity contribution < 1.29 is 9.57 Å². The van der Waals surface area contributed by atoms with Gasteiger partial charge < -0.3 is 4.84 Å². The van der Waals surface area contributed by atoms with Crippen molar-refractivity contribution in [3.05, 3.63) is 18.2 Å². The molecule has 0 unspecified atom stereocenters. The van der Waals surface area contributed by atoms with Gasteiger partial charge in [-0.15, -0.1) is 0 Å². The fourth-order valence-corrected chi connectivity index (χ4v) is 0.536. The summed E-state index contributed by atoms with van der Waals surface area (Å²) in [6, 6.07) is 0. The van der Waals surface area contributed by atoms with E-state index in [-0.39, 0.29) is 0 Å². The largest absolute Gasteiger partial charge is 0.339 e. The highest BCUT2D eigenvalue weighted by Gasteiger charge is 1.96. The lowest BCUT2D eigenvalue weighted by Gasteiger charge is -1.83. The van der Waals surface area contributed by atoms with Crippen LogP contribution in [0.1, 0.15) is 5.69 Å². The zero-order valence-corrected chi connectivity index (χ0v) is 5.01. The van der Waals surface area contributed by atoms with E-state index in [9.17, 15) is 0 Å². The summed E-state index contributed by atoms with van der Waals surface area (Å²) < 4.78 is 1.61. The first kappa shape index (κ1) is 5.15. The first-order valence-electron chi connectivity index (χ1n) is 2.43. The van der Waals surface area contributed by atoms with Crippen molar-refractivity contribution in [3.63, 3.8) is 0 Å². The summed E-state index contributed by atoms with van der Waals surface area (Å²) in [6.45, 7) is 1.97. The van der Waals surface area contributed by atoms with E-state index >= 15 is 0 Å². The monoisotopic (exact) mass is 113 g/mol. The zero-order chi connectivity index (χ0) is 5.98. The van der Waals surface area contributed by atoms with Crippen LogP contribution in [0.15, 0.2) is 12.5 Å². The van der Waals surface area contributed by atoms with E-state index in [0.29, 0.717) is 0 Å². The average Bonchev–Trinajstić information content (AvgIpc) is 2.14. The standard InChI is InChI=1S/C5H8N2O/c1-5-3-7(8-2)4-6-5/h3-4H,1-2H3/p+1. The summed E-state index contributed by atoms with van der Waals surface area (Å²) in [5.74, 6) is 0. The second-order valence-electron chi connectivity index (χ2n) is 1.63. The topological polar surface area (TPSA) is 28.9 Å². The van der Waals surface area contributed by atoms with Crippen LogP contribution < -0.4 is 9.57 Å². The lowest BCUT2D eigenvalue weighted by Crippen LogP contribution is -2.37. The maximum atomic E-state index is 4.82. The van der Waals surface area contributed by atoms with Gasteiger partial charge in [0.05, 0.1) is 0 Å². The third kappa shape index (κ3) is 0.804. The second-order valence-corrected chi connectivity index (χ2v) is 1.63. The molecule has 0 spiro atoms. The maximum absolute atomic E-state index is 4.82. The van der Waals surface area contributed by atoms with Crippen LogP contribution in [0.25, 0.3) is 0 Å². The molecular weight excluding hydrogens is 104 g/mol. The van der Waals surface area contributed by atoms with Gasteiger partial charge in [0.25, 0.3) is 6.33 Å². The van der Waals surface area contributed by atoms with E-state index in [4.69, 9.17) is 4.84 Å². The zero-order valence-electron chi connectivity index (χ0n) is 5.01. The predicted molar refractivity (Wildman–Crippen MR) is 28.2 cm³/mol. The fraction of sp³-hybridized carbons (Fsp3) is 0.400. The van der Waals surface area contributed by atoms with Gasteiger partial charge >= 0.3 is 0 Å². The first-order chi connectivity index (χ1) is 3.83. The van der Waals surface area contributed by atoms with Crippen LogP contribution in [-0.4, -0.2) is 12.1 Å². The summed E-state index contributed by atoms with van der Waals surface area (Å²) in [4.78, 5) is 7.78. The van der Waals surface area contributed by atoms with Gasteiger partial charge in [-0.2, -0.15) is 0 Å². The number of hydrogen-bond donors (Lipinski definition) is 1. The Kier molecular flexibility index (Phi) is 1.20. The molecule has 0 aliphatic heterocycles. The Morgan fingerprint density at radius 2 is 2.50 bits per heavy atom. The Morgan fingerprint density at radius 3 is 2.75 bits per heavy atom. The fourth-order valence-electron chi connectivity index (χ4n) is 0.536. The molecule has 0 aliphatic carbocycles. The lowest BCUT2D eigenvalue weighted by molar-refractivity contribution is -0.884. The van der Waals surface area contributed by atoms with Gasteiger partial charge in [-0.3, -0.25) is 0 Å². The molecule has 0 aromatic carbocycles. The molecule has 0 radical (unpaired) electrons. The number of aromatic amines is 1. The second kappa shape index (κ2) is 1.86. The number of rotatable bonds is 1. The quantitative estimate of drug-likeness (QED) is 0.496. The van der Waals surface area contributed by atoms with Crippen molar-refractivity contribution in [1.82, 2.24) is 4.98 Å². The minimum Gasteiger partial charge on any atom is -0.339 e. The van der Waals surface area contributed by atoms with Gasteiger partial charge in [0, 0.05) is 6.92 Å². The number of hydrogen-bond acceptors (Lipinski definition) is 1. The van der Waals surface area contributed by atoms with Crippen molar-refractivity contribution in [1.29, 1.82) is 0 Å². The molecule has 0 fully saturated rings. The number of nitrogens with zero attached hydrogens (tertiary/aromatic N) is 1. The van der Waals surface area contributed by atoms with Gasteiger partial charge in [0.15, 0.2) is 6.20 Å². The van der Waals surface area contributed by atoms with Crippen LogP contribution >= 0.6 is 0 Å². The minimum atomic E-state index is 1.09. The van der Waals surface area contributed by atoms with E-state index in [0.717, 1.165) is 5.69 Å². The molecule has 8 heavy (non-hydrogen) atoms. The van der Waals surface area contributed by atoms with Gasteiger partial charge in [0.1, 0.15) is 12.8 Å². The molecule has 1 aromatic heterocycles. The number of H-pyrrole nitrogens is 1. The Morgan fingerprint density at radius 1 is 1.75 bits per heavy atom. The summed E-state index contributed by atoms with van der Waals surface area (Å²) in [5, 5.41) is 0. The molecule has 1 heterocycles. The molecule has 44 valence electrons. The molecule has 0 saturated heterocycles.